The van der Waals surface area contributed by atoms with Crippen LogP contribution >= 0.6 is 0 Å². The molecule has 0 N–H and O–H groups in total. The number of carbonyl (C=O) groups excluding carboxylic acids is 1. The van der Waals surface area contributed by atoms with Crippen molar-refractivity contribution in [2.75, 3.05) is 0 Å². The van der Waals surface area contributed by atoms with Crippen molar-refractivity contribution in [3.63, 3.8) is 0 Å². The predicted octanol–water partition coefficient (Wildman–Crippen LogP) is 3.37. The molecule has 2 atom stereocenters. The number of carbonyl (C=O) groups is 1. The minimum atomic E-state index is -0.295. The summed E-state index contributed by atoms with van der Waals surface area (Å²) in [6.45, 7) is 3.47. The number of allylic oxidation sites excluding steroid dienone is 1. The molecule has 3 rings (SSSR count). The Labute approximate surface area is 118 Å². The first-order chi connectivity index (χ1) is 9.81. The van der Waals surface area contributed by atoms with Crippen LogP contribution in [0.2, 0.25) is 0 Å². The van der Waals surface area contributed by atoms with Crippen molar-refractivity contribution in [3.05, 3.63) is 49.0 Å². The van der Waals surface area contributed by atoms with Crippen molar-refractivity contribution in [1.82, 2.24) is 9.88 Å². The zero-order chi connectivity index (χ0) is 13.9. The lowest BCUT2D eigenvalue weighted by Crippen LogP contribution is -2.40. The highest BCUT2D eigenvalue weighted by molar-refractivity contribution is 5.77. The summed E-state index contributed by atoms with van der Waals surface area (Å²) in [5, 5.41) is 0. The Morgan fingerprint density at radius 1 is 1.40 bits per heavy atom. The lowest BCUT2D eigenvalue weighted by Gasteiger charge is -2.28. The number of hydrogen-bond acceptors (Lipinski definition) is 3. The van der Waals surface area contributed by atoms with Crippen LogP contribution in [0.4, 0.5) is 4.79 Å². The Morgan fingerprint density at radius 3 is 3.05 bits per heavy atom. The monoisotopic (exact) mass is 270 g/mol. The zero-order valence-corrected chi connectivity index (χ0v) is 11.4. The Kier molecular flexibility index (Phi) is 3.54. The lowest BCUT2D eigenvalue weighted by atomic mass is 9.97. The van der Waals surface area contributed by atoms with Crippen LogP contribution in [0.3, 0.4) is 0 Å². The molecule has 0 aromatic carbocycles. The minimum Gasteiger partial charge on any atom is -0.419 e. The zero-order valence-electron chi connectivity index (χ0n) is 11.4. The average molecular weight is 270 g/mol. The van der Waals surface area contributed by atoms with Crippen molar-refractivity contribution < 1.29 is 9.53 Å². The maximum absolute atomic E-state index is 12.2. The average Bonchev–Trinajstić information content (AvgIpc) is 2.77. The molecule has 0 saturated carbocycles. The third-order valence-corrected chi connectivity index (χ3v) is 4.08. The highest BCUT2D eigenvalue weighted by atomic mass is 16.5. The Hall–Kier alpha value is -2.10. The third kappa shape index (κ3) is 2.22. The summed E-state index contributed by atoms with van der Waals surface area (Å²) in [5.74, 6) is 0. The first kappa shape index (κ1) is 12.9. The first-order valence-electron chi connectivity index (χ1n) is 7.02. The summed E-state index contributed by atoms with van der Waals surface area (Å²) in [7, 11) is 0. The molecule has 0 aliphatic carbocycles. The molecule has 1 aromatic heterocycles. The SMILES string of the molecule is C=COC(=O)N1[C@@H]2CCC=C(c3ccccn3)[C@H]1CC2. The van der Waals surface area contributed by atoms with E-state index in [-0.39, 0.29) is 18.2 Å². The lowest BCUT2D eigenvalue weighted by molar-refractivity contribution is 0.123. The van der Waals surface area contributed by atoms with E-state index in [1.807, 2.05) is 23.1 Å². The normalized spacial score (nSPS) is 24.8. The molecule has 1 saturated heterocycles. The fraction of sp³-hybridized carbons (Fsp3) is 0.375. The van der Waals surface area contributed by atoms with E-state index in [1.54, 1.807) is 6.20 Å². The summed E-state index contributed by atoms with van der Waals surface area (Å²) in [6.07, 6.45) is 8.89. The van der Waals surface area contributed by atoms with Crippen LogP contribution in [0.5, 0.6) is 0 Å². The van der Waals surface area contributed by atoms with Gasteiger partial charge in [-0.25, -0.2) is 4.79 Å². The Morgan fingerprint density at radius 2 is 2.30 bits per heavy atom. The van der Waals surface area contributed by atoms with Gasteiger partial charge in [-0.05, 0) is 43.4 Å². The molecular formula is C16H18N2O2. The molecule has 0 radical (unpaired) electrons. The summed E-state index contributed by atoms with van der Waals surface area (Å²) in [6, 6.07) is 6.23. The van der Waals surface area contributed by atoms with Gasteiger partial charge in [-0.1, -0.05) is 18.7 Å². The highest BCUT2D eigenvalue weighted by Crippen LogP contribution is 2.38. The van der Waals surface area contributed by atoms with Gasteiger partial charge >= 0.3 is 6.09 Å². The number of ether oxygens (including phenoxy) is 1. The quantitative estimate of drug-likeness (QED) is 0.774. The van der Waals surface area contributed by atoms with Crippen LogP contribution in [0, 0.1) is 0 Å². The van der Waals surface area contributed by atoms with E-state index >= 15 is 0 Å². The summed E-state index contributed by atoms with van der Waals surface area (Å²) in [4.78, 5) is 18.5. The van der Waals surface area contributed by atoms with Crippen molar-refractivity contribution in [1.29, 1.82) is 0 Å². The van der Waals surface area contributed by atoms with Gasteiger partial charge in [0.15, 0.2) is 0 Å². The van der Waals surface area contributed by atoms with E-state index in [9.17, 15) is 4.79 Å². The Balaban J connectivity index is 1.94. The topological polar surface area (TPSA) is 42.4 Å². The predicted molar refractivity (Wildman–Crippen MR) is 76.8 cm³/mol. The van der Waals surface area contributed by atoms with Gasteiger partial charge in [-0.3, -0.25) is 9.88 Å². The maximum Gasteiger partial charge on any atom is 0.415 e. The number of aromatic nitrogens is 1. The molecule has 104 valence electrons. The molecule has 0 unspecified atom stereocenters. The van der Waals surface area contributed by atoms with E-state index in [2.05, 4.69) is 17.6 Å². The number of fused-ring (bicyclic) bond motifs is 2. The molecule has 2 aliphatic rings. The number of pyridine rings is 1. The number of nitrogens with zero attached hydrogens (tertiary/aromatic N) is 2. The summed E-state index contributed by atoms with van der Waals surface area (Å²) in [5.41, 5.74) is 2.10. The van der Waals surface area contributed by atoms with Gasteiger partial charge in [0, 0.05) is 12.2 Å². The molecule has 3 heterocycles. The number of amides is 1. The third-order valence-electron chi connectivity index (χ3n) is 4.08. The van der Waals surface area contributed by atoms with E-state index in [1.165, 1.54) is 6.26 Å². The molecular weight excluding hydrogens is 252 g/mol. The molecule has 20 heavy (non-hydrogen) atoms. The van der Waals surface area contributed by atoms with Crippen LogP contribution in [-0.2, 0) is 4.74 Å². The molecule has 4 nitrogen and oxygen atoms in total. The first-order valence-corrected chi connectivity index (χ1v) is 7.02. The molecule has 1 fully saturated rings. The smallest absolute Gasteiger partial charge is 0.415 e. The largest absolute Gasteiger partial charge is 0.419 e. The van der Waals surface area contributed by atoms with Crippen molar-refractivity contribution in [2.45, 2.75) is 37.8 Å². The van der Waals surface area contributed by atoms with Gasteiger partial charge in [0.25, 0.3) is 0 Å². The van der Waals surface area contributed by atoms with Gasteiger partial charge in [0.05, 0.1) is 18.0 Å². The molecule has 1 amide bonds. The summed E-state index contributed by atoms with van der Waals surface area (Å²) >= 11 is 0. The molecule has 4 heteroatoms. The Bertz CT molecular complexity index is 539. The number of hydrogen-bond donors (Lipinski definition) is 0. The number of rotatable bonds is 2. The van der Waals surface area contributed by atoms with Gasteiger partial charge in [0.1, 0.15) is 0 Å². The molecule has 1 aromatic rings. The highest BCUT2D eigenvalue weighted by Gasteiger charge is 2.41. The van der Waals surface area contributed by atoms with Crippen molar-refractivity contribution >= 4 is 11.7 Å². The van der Waals surface area contributed by atoms with E-state index in [0.29, 0.717) is 0 Å². The molecule has 2 bridgehead atoms. The van der Waals surface area contributed by atoms with Crippen LogP contribution in [0.25, 0.3) is 5.57 Å². The second kappa shape index (κ2) is 5.49. The molecule has 2 aliphatic heterocycles. The van der Waals surface area contributed by atoms with Gasteiger partial charge < -0.3 is 4.74 Å². The minimum absolute atomic E-state index is 0.0739. The van der Waals surface area contributed by atoms with Crippen LogP contribution in [0.1, 0.15) is 31.4 Å². The molecule has 0 spiro atoms. The van der Waals surface area contributed by atoms with Gasteiger partial charge in [0.2, 0.25) is 0 Å². The van der Waals surface area contributed by atoms with E-state index in [4.69, 9.17) is 4.74 Å². The van der Waals surface area contributed by atoms with E-state index < -0.39 is 0 Å². The standard InChI is InChI=1S/C16H18N2O2/c1-2-20-16(19)18-12-6-5-7-13(15(18)10-9-12)14-8-3-4-11-17-14/h2-4,7-8,11-12,15H,1,5-6,9-10H2/t12-,15-/m1/s1. The maximum atomic E-state index is 12.2. The van der Waals surface area contributed by atoms with E-state index in [0.717, 1.165) is 37.0 Å². The van der Waals surface area contributed by atoms with Crippen LogP contribution < -0.4 is 0 Å². The van der Waals surface area contributed by atoms with Crippen molar-refractivity contribution in [3.8, 4) is 0 Å². The van der Waals surface area contributed by atoms with Crippen molar-refractivity contribution in [2.24, 2.45) is 0 Å². The summed E-state index contributed by atoms with van der Waals surface area (Å²) < 4.78 is 5.01. The van der Waals surface area contributed by atoms with Gasteiger partial charge in [-0.2, -0.15) is 0 Å². The second-order valence-electron chi connectivity index (χ2n) is 5.16. The van der Waals surface area contributed by atoms with Gasteiger partial charge in [-0.15, -0.1) is 0 Å². The van der Waals surface area contributed by atoms with Crippen LogP contribution in [0.15, 0.2) is 43.3 Å². The van der Waals surface area contributed by atoms with Crippen LogP contribution in [-0.4, -0.2) is 28.1 Å². The fourth-order valence-electron chi connectivity index (χ4n) is 3.26. The second-order valence-corrected chi connectivity index (χ2v) is 5.16. The fourth-order valence-corrected chi connectivity index (χ4v) is 3.26.